The summed E-state index contributed by atoms with van der Waals surface area (Å²) in [6.07, 6.45) is 1.13. The van der Waals surface area contributed by atoms with Crippen molar-refractivity contribution >= 4 is 29.9 Å². The molecule has 0 bridgehead atoms. The predicted octanol–water partition coefficient (Wildman–Crippen LogP) is 1.49. The molecule has 1 aliphatic rings. The number of nitrogens with zero attached hydrogens (tertiary/aromatic N) is 1. The Morgan fingerprint density at radius 1 is 1.45 bits per heavy atom. The van der Waals surface area contributed by atoms with Crippen molar-refractivity contribution < 1.29 is 9.59 Å². The Balaban J connectivity index is 0.00000242. The van der Waals surface area contributed by atoms with Crippen LogP contribution in [-0.4, -0.2) is 30.9 Å². The molecule has 1 aromatic rings. The van der Waals surface area contributed by atoms with Gasteiger partial charge in [-0.3, -0.25) is 9.59 Å². The molecule has 0 radical (unpaired) electrons. The van der Waals surface area contributed by atoms with Crippen LogP contribution >= 0.6 is 12.4 Å². The van der Waals surface area contributed by atoms with Crippen molar-refractivity contribution in [3.8, 4) is 0 Å². The van der Waals surface area contributed by atoms with E-state index >= 15 is 0 Å². The van der Waals surface area contributed by atoms with Crippen LogP contribution in [0.2, 0.25) is 0 Å². The molecule has 1 fully saturated rings. The zero-order valence-corrected chi connectivity index (χ0v) is 13.9. The molecule has 3 N–H and O–H groups in total. The van der Waals surface area contributed by atoms with E-state index < -0.39 is 0 Å². The van der Waals surface area contributed by atoms with Crippen LogP contribution in [0.5, 0.6) is 0 Å². The van der Waals surface area contributed by atoms with Crippen molar-refractivity contribution in [2.75, 3.05) is 18.0 Å². The quantitative estimate of drug-likeness (QED) is 0.861. The highest BCUT2D eigenvalue weighted by molar-refractivity contribution is 6.00. The molecule has 22 heavy (non-hydrogen) atoms. The number of benzene rings is 1. The Kier molecular flexibility index (Phi) is 6.84. The Morgan fingerprint density at radius 2 is 2.14 bits per heavy atom. The standard InChI is InChI=1S/C16H23N3O2.ClH/c1-3-12-6-4-5-7-14(12)19-10-13(8-15(19)20)16(21)18-11(2)9-17;/h4-7,11,13H,3,8-10,17H2,1-2H3,(H,18,21);1H/t11-,13?;/m0./s1. The molecule has 0 saturated carbocycles. The van der Waals surface area contributed by atoms with Crippen LogP contribution in [0.4, 0.5) is 5.69 Å². The number of rotatable bonds is 5. The first-order chi connectivity index (χ1) is 10.1. The lowest BCUT2D eigenvalue weighted by atomic mass is 10.1. The molecule has 2 atom stereocenters. The molecule has 0 aromatic heterocycles. The fourth-order valence-electron chi connectivity index (χ4n) is 2.61. The van der Waals surface area contributed by atoms with Gasteiger partial charge < -0.3 is 16.0 Å². The van der Waals surface area contributed by atoms with E-state index in [2.05, 4.69) is 12.2 Å². The number of carbonyl (C=O) groups excluding carboxylic acids is 2. The van der Waals surface area contributed by atoms with Gasteiger partial charge in [0.05, 0.1) is 5.92 Å². The van der Waals surface area contributed by atoms with Crippen molar-refractivity contribution in [1.29, 1.82) is 0 Å². The third kappa shape index (κ3) is 3.99. The SMILES string of the molecule is CCc1ccccc1N1CC(C(=O)N[C@@H](C)CN)CC1=O.Cl. The number of carbonyl (C=O) groups is 2. The van der Waals surface area contributed by atoms with Crippen molar-refractivity contribution in [2.24, 2.45) is 11.7 Å². The Bertz CT molecular complexity index is 536. The topological polar surface area (TPSA) is 75.4 Å². The van der Waals surface area contributed by atoms with Crippen molar-refractivity contribution in [2.45, 2.75) is 32.7 Å². The average molecular weight is 326 g/mol. The van der Waals surface area contributed by atoms with E-state index in [-0.39, 0.29) is 42.6 Å². The van der Waals surface area contributed by atoms with Gasteiger partial charge in [0.2, 0.25) is 11.8 Å². The fraction of sp³-hybridized carbons (Fsp3) is 0.500. The van der Waals surface area contributed by atoms with Crippen LogP contribution in [0.1, 0.15) is 25.8 Å². The van der Waals surface area contributed by atoms with Crippen LogP contribution in [-0.2, 0) is 16.0 Å². The first kappa shape index (κ1) is 18.5. The summed E-state index contributed by atoms with van der Waals surface area (Å²) in [6, 6.07) is 7.79. The van der Waals surface area contributed by atoms with Crippen LogP contribution in [0.3, 0.4) is 0 Å². The Morgan fingerprint density at radius 3 is 2.77 bits per heavy atom. The largest absolute Gasteiger partial charge is 0.352 e. The highest BCUT2D eigenvalue weighted by Crippen LogP contribution is 2.28. The van der Waals surface area contributed by atoms with Gasteiger partial charge in [-0.25, -0.2) is 0 Å². The minimum atomic E-state index is -0.295. The van der Waals surface area contributed by atoms with Gasteiger partial charge in [0, 0.05) is 31.2 Å². The van der Waals surface area contributed by atoms with Crippen molar-refractivity contribution in [1.82, 2.24) is 5.32 Å². The summed E-state index contributed by atoms with van der Waals surface area (Å²) in [5.41, 5.74) is 7.56. The highest BCUT2D eigenvalue weighted by atomic mass is 35.5. The smallest absolute Gasteiger partial charge is 0.227 e. The van der Waals surface area contributed by atoms with E-state index in [1.807, 2.05) is 31.2 Å². The lowest BCUT2D eigenvalue weighted by molar-refractivity contribution is -0.126. The lowest BCUT2D eigenvalue weighted by Gasteiger charge is -2.20. The summed E-state index contributed by atoms with van der Waals surface area (Å²) in [5.74, 6) is -0.370. The molecule has 6 heteroatoms. The number of anilines is 1. The Labute approximate surface area is 137 Å². The summed E-state index contributed by atoms with van der Waals surface area (Å²) in [4.78, 5) is 26.1. The summed E-state index contributed by atoms with van der Waals surface area (Å²) in [7, 11) is 0. The summed E-state index contributed by atoms with van der Waals surface area (Å²) in [6.45, 7) is 4.76. The normalized spacial score (nSPS) is 18.8. The maximum absolute atomic E-state index is 12.2. The van der Waals surface area contributed by atoms with Gasteiger partial charge in [-0.15, -0.1) is 12.4 Å². The average Bonchev–Trinajstić information content (AvgIpc) is 2.89. The molecule has 2 amide bonds. The first-order valence-electron chi connectivity index (χ1n) is 7.45. The number of hydrogen-bond donors (Lipinski definition) is 2. The number of nitrogens with two attached hydrogens (primary N) is 1. The zero-order valence-electron chi connectivity index (χ0n) is 13.0. The first-order valence-corrected chi connectivity index (χ1v) is 7.45. The molecule has 1 heterocycles. The second-order valence-electron chi connectivity index (χ2n) is 5.53. The Hall–Kier alpha value is -1.59. The summed E-state index contributed by atoms with van der Waals surface area (Å²) < 4.78 is 0. The predicted molar refractivity (Wildman–Crippen MR) is 90.2 cm³/mol. The monoisotopic (exact) mass is 325 g/mol. The van der Waals surface area contributed by atoms with Crippen LogP contribution in [0.15, 0.2) is 24.3 Å². The molecule has 0 aliphatic carbocycles. The molecule has 1 aromatic carbocycles. The lowest BCUT2D eigenvalue weighted by Crippen LogP contribution is -2.42. The van der Waals surface area contributed by atoms with Crippen LogP contribution in [0, 0.1) is 5.92 Å². The second kappa shape index (κ2) is 8.15. The van der Waals surface area contributed by atoms with Gasteiger partial charge >= 0.3 is 0 Å². The van der Waals surface area contributed by atoms with Gasteiger partial charge in [-0.05, 0) is 25.0 Å². The second-order valence-corrected chi connectivity index (χ2v) is 5.53. The van der Waals surface area contributed by atoms with Gasteiger partial charge in [0.1, 0.15) is 0 Å². The maximum Gasteiger partial charge on any atom is 0.227 e. The number of para-hydroxylation sites is 1. The van der Waals surface area contributed by atoms with Crippen molar-refractivity contribution in [3.05, 3.63) is 29.8 Å². The third-order valence-corrected chi connectivity index (χ3v) is 3.90. The molecule has 0 spiro atoms. The van der Waals surface area contributed by atoms with E-state index in [1.165, 1.54) is 0 Å². The fourth-order valence-corrected chi connectivity index (χ4v) is 2.61. The number of hydrogen-bond acceptors (Lipinski definition) is 3. The summed E-state index contributed by atoms with van der Waals surface area (Å²) in [5, 5.41) is 2.85. The molecule has 2 rings (SSSR count). The molecule has 1 saturated heterocycles. The third-order valence-electron chi connectivity index (χ3n) is 3.90. The van der Waals surface area contributed by atoms with Gasteiger partial charge in [-0.1, -0.05) is 25.1 Å². The highest BCUT2D eigenvalue weighted by Gasteiger charge is 2.35. The van der Waals surface area contributed by atoms with E-state index in [1.54, 1.807) is 4.90 Å². The minimum absolute atomic E-state index is 0. The van der Waals surface area contributed by atoms with E-state index in [9.17, 15) is 9.59 Å². The minimum Gasteiger partial charge on any atom is -0.352 e. The van der Waals surface area contributed by atoms with Crippen LogP contribution < -0.4 is 16.0 Å². The molecule has 122 valence electrons. The summed E-state index contributed by atoms with van der Waals surface area (Å²) >= 11 is 0. The maximum atomic E-state index is 12.2. The molecule has 1 unspecified atom stereocenters. The number of nitrogens with one attached hydrogen (secondary N) is 1. The number of aryl methyl sites for hydroxylation is 1. The van der Waals surface area contributed by atoms with Gasteiger partial charge in [-0.2, -0.15) is 0 Å². The number of amides is 2. The number of halogens is 1. The molecule has 1 aliphatic heterocycles. The van der Waals surface area contributed by atoms with E-state index in [0.717, 1.165) is 17.7 Å². The van der Waals surface area contributed by atoms with Crippen LogP contribution in [0.25, 0.3) is 0 Å². The van der Waals surface area contributed by atoms with Crippen molar-refractivity contribution in [3.63, 3.8) is 0 Å². The molecular formula is C16H24ClN3O2. The van der Waals surface area contributed by atoms with Gasteiger partial charge in [0.15, 0.2) is 0 Å². The molecular weight excluding hydrogens is 302 g/mol. The van der Waals surface area contributed by atoms with E-state index in [4.69, 9.17) is 5.73 Å². The van der Waals surface area contributed by atoms with E-state index in [0.29, 0.717) is 13.1 Å². The zero-order chi connectivity index (χ0) is 15.4. The van der Waals surface area contributed by atoms with Gasteiger partial charge in [0.25, 0.3) is 0 Å². The molecule has 5 nitrogen and oxygen atoms in total.